The number of rotatable bonds is 4. The molecule has 1 aromatic rings. The van der Waals surface area contributed by atoms with Gasteiger partial charge in [0, 0.05) is 0 Å². The van der Waals surface area contributed by atoms with Gasteiger partial charge in [-0.05, 0) is 5.92 Å². The summed E-state index contributed by atoms with van der Waals surface area (Å²) in [5, 5.41) is 9.67. The molecule has 0 saturated heterocycles. The van der Waals surface area contributed by atoms with Crippen molar-refractivity contribution in [1.29, 1.82) is 0 Å². The maximum Gasteiger partial charge on any atom is 0.225 e. The summed E-state index contributed by atoms with van der Waals surface area (Å²) in [6.07, 6.45) is 1.75. The zero-order valence-electron chi connectivity index (χ0n) is 9.53. The number of nitrogens with two attached hydrogens (primary N) is 1. The zero-order valence-corrected chi connectivity index (χ0v) is 9.53. The van der Waals surface area contributed by atoms with E-state index in [9.17, 15) is 5.11 Å². The first-order valence-electron chi connectivity index (χ1n) is 5.09. The van der Waals surface area contributed by atoms with Crippen molar-refractivity contribution in [2.24, 2.45) is 18.7 Å². The second-order valence-electron chi connectivity index (χ2n) is 4.03. The number of hydrogen-bond donors (Lipinski definition) is 2. The van der Waals surface area contributed by atoms with Gasteiger partial charge in [-0.25, -0.2) is 4.57 Å². The smallest absolute Gasteiger partial charge is 0.225 e. The summed E-state index contributed by atoms with van der Waals surface area (Å²) in [6, 6.07) is 1.63. The molecule has 0 aliphatic carbocycles. The molecule has 0 aromatic carbocycles. The minimum atomic E-state index is 0.147. The highest BCUT2D eigenvalue weighted by Crippen LogP contribution is 2.24. The Morgan fingerprint density at radius 2 is 2.20 bits per heavy atom. The molecule has 0 bridgehead atoms. The standard InChI is InChI=1S/C11H18N2O2/c1-8(2)7-15-11-6-13(3)9(5-12)4-10(11)14/h4,6,8H,5,7,12H2,1-3H3/p+1. The Labute approximate surface area is 90.3 Å². The van der Waals surface area contributed by atoms with Crippen LogP contribution in [0.5, 0.6) is 11.5 Å². The van der Waals surface area contributed by atoms with Crippen molar-refractivity contribution in [2.75, 3.05) is 6.61 Å². The molecule has 0 amide bonds. The van der Waals surface area contributed by atoms with Crippen LogP contribution in [-0.4, -0.2) is 11.7 Å². The van der Waals surface area contributed by atoms with Crippen LogP contribution in [0.15, 0.2) is 12.3 Å². The van der Waals surface area contributed by atoms with Crippen molar-refractivity contribution >= 4 is 0 Å². The first-order chi connectivity index (χ1) is 7.04. The highest BCUT2D eigenvalue weighted by atomic mass is 16.5. The molecule has 1 rings (SSSR count). The molecule has 0 spiro atoms. The van der Waals surface area contributed by atoms with E-state index < -0.39 is 0 Å². The predicted molar refractivity (Wildman–Crippen MR) is 57.5 cm³/mol. The third-order valence-electron chi connectivity index (χ3n) is 2.10. The van der Waals surface area contributed by atoms with E-state index in [-0.39, 0.29) is 5.75 Å². The fourth-order valence-electron chi connectivity index (χ4n) is 1.23. The second kappa shape index (κ2) is 4.98. The van der Waals surface area contributed by atoms with E-state index in [0.717, 1.165) is 5.69 Å². The summed E-state index contributed by atoms with van der Waals surface area (Å²) in [4.78, 5) is 0. The lowest BCUT2D eigenvalue weighted by Crippen LogP contribution is -2.34. The maximum absolute atomic E-state index is 9.67. The van der Waals surface area contributed by atoms with Crippen LogP contribution in [-0.2, 0) is 13.6 Å². The van der Waals surface area contributed by atoms with Crippen molar-refractivity contribution < 1.29 is 14.4 Å². The van der Waals surface area contributed by atoms with E-state index in [0.29, 0.717) is 24.8 Å². The molecule has 0 aliphatic rings. The Hall–Kier alpha value is -1.29. The molecule has 4 nitrogen and oxygen atoms in total. The lowest BCUT2D eigenvalue weighted by molar-refractivity contribution is -0.679. The van der Waals surface area contributed by atoms with Crippen LogP contribution >= 0.6 is 0 Å². The average Bonchev–Trinajstić information content (AvgIpc) is 2.18. The highest BCUT2D eigenvalue weighted by molar-refractivity contribution is 5.35. The van der Waals surface area contributed by atoms with Gasteiger partial charge >= 0.3 is 0 Å². The molecule has 1 aromatic heterocycles. The summed E-state index contributed by atoms with van der Waals surface area (Å²) in [5.41, 5.74) is 6.38. The Morgan fingerprint density at radius 1 is 1.53 bits per heavy atom. The minimum Gasteiger partial charge on any atom is -0.504 e. The van der Waals surface area contributed by atoms with E-state index >= 15 is 0 Å². The third kappa shape index (κ3) is 3.09. The van der Waals surface area contributed by atoms with Crippen LogP contribution in [0.2, 0.25) is 0 Å². The van der Waals surface area contributed by atoms with Crippen molar-refractivity contribution in [1.82, 2.24) is 0 Å². The number of aromatic nitrogens is 1. The summed E-state index contributed by atoms with van der Waals surface area (Å²) >= 11 is 0. The number of hydrogen-bond acceptors (Lipinski definition) is 3. The first kappa shape index (κ1) is 11.8. The molecular formula is C11H19N2O2+. The van der Waals surface area contributed by atoms with Crippen LogP contribution in [0.4, 0.5) is 0 Å². The third-order valence-corrected chi connectivity index (χ3v) is 2.10. The Balaban J connectivity index is 2.85. The topological polar surface area (TPSA) is 59.4 Å². The molecule has 4 heteroatoms. The fraction of sp³-hybridized carbons (Fsp3) is 0.545. The van der Waals surface area contributed by atoms with Gasteiger partial charge in [-0.1, -0.05) is 13.8 Å². The fourth-order valence-corrected chi connectivity index (χ4v) is 1.23. The summed E-state index contributed by atoms with van der Waals surface area (Å²) < 4.78 is 7.32. The Morgan fingerprint density at radius 3 is 2.73 bits per heavy atom. The van der Waals surface area contributed by atoms with Gasteiger partial charge in [0.05, 0.1) is 19.2 Å². The number of aromatic hydroxyl groups is 1. The van der Waals surface area contributed by atoms with Gasteiger partial charge in [-0.3, -0.25) is 0 Å². The molecule has 84 valence electrons. The quantitative estimate of drug-likeness (QED) is 0.721. The second-order valence-corrected chi connectivity index (χ2v) is 4.03. The van der Waals surface area contributed by atoms with E-state index in [2.05, 4.69) is 13.8 Å². The number of ether oxygens (including phenoxy) is 1. The molecule has 0 fully saturated rings. The molecule has 0 atom stereocenters. The lowest BCUT2D eigenvalue weighted by atomic mass is 10.2. The predicted octanol–water partition coefficient (Wildman–Crippen LogP) is 0.710. The first-order valence-corrected chi connectivity index (χ1v) is 5.09. The van der Waals surface area contributed by atoms with Crippen LogP contribution in [0.3, 0.4) is 0 Å². The van der Waals surface area contributed by atoms with E-state index in [1.165, 1.54) is 0 Å². The summed E-state index contributed by atoms with van der Waals surface area (Å²) in [7, 11) is 1.88. The van der Waals surface area contributed by atoms with E-state index in [1.54, 1.807) is 12.3 Å². The monoisotopic (exact) mass is 211 g/mol. The van der Waals surface area contributed by atoms with Gasteiger partial charge in [0.15, 0.2) is 11.4 Å². The minimum absolute atomic E-state index is 0.147. The van der Waals surface area contributed by atoms with Gasteiger partial charge < -0.3 is 15.6 Å². The molecule has 1 heterocycles. The van der Waals surface area contributed by atoms with Crippen molar-refractivity contribution in [3.8, 4) is 11.5 Å². The van der Waals surface area contributed by atoms with Gasteiger partial charge in [0.2, 0.25) is 11.9 Å². The molecular weight excluding hydrogens is 192 g/mol. The zero-order chi connectivity index (χ0) is 11.4. The summed E-state index contributed by atoms with van der Waals surface area (Å²) in [5.74, 6) is 1.08. The summed E-state index contributed by atoms with van der Waals surface area (Å²) in [6.45, 7) is 5.11. The normalized spacial score (nSPS) is 10.7. The van der Waals surface area contributed by atoms with Crippen molar-refractivity contribution in [3.63, 3.8) is 0 Å². The lowest BCUT2D eigenvalue weighted by Gasteiger charge is -2.09. The SMILES string of the molecule is CC(C)COc1c[n+](C)c(CN)cc1O. The Bertz CT molecular complexity index is 338. The maximum atomic E-state index is 9.67. The molecule has 15 heavy (non-hydrogen) atoms. The number of pyridine rings is 1. The van der Waals surface area contributed by atoms with Crippen molar-refractivity contribution in [2.45, 2.75) is 20.4 Å². The van der Waals surface area contributed by atoms with E-state index in [1.807, 2.05) is 11.6 Å². The highest BCUT2D eigenvalue weighted by Gasteiger charge is 2.13. The largest absolute Gasteiger partial charge is 0.504 e. The molecule has 0 saturated carbocycles. The average molecular weight is 211 g/mol. The molecule has 0 radical (unpaired) electrons. The van der Waals surface area contributed by atoms with Crippen LogP contribution in [0, 0.1) is 5.92 Å². The van der Waals surface area contributed by atoms with Gasteiger partial charge in [-0.2, -0.15) is 0 Å². The molecule has 0 unspecified atom stereocenters. The van der Waals surface area contributed by atoms with E-state index in [4.69, 9.17) is 10.5 Å². The number of aryl methyl sites for hydroxylation is 1. The van der Waals surface area contributed by atoms with Crippen LogP contribution in [0.25, 0.3) is 0 Å². The Kier molecular flexibility index (Phi) is 3.91. The molecule has 3 N–H and O–H groups in total. The molecule has 0 aliphatic heterocycles. The van der Waals surface area contributed by atoms with Crippen LogP contribution < -0.4 is 15.0 Å². The van der Waals surface area contributed by atoms with Crippen molar-refractivity contribution in [3.05, 3.63) is 18.0 Å². The van der Waals surface area contributed by atoms with Gasteiger partial charge in [0.25, 0.3) is 0 Å². The van der Waals surface area contributed by atoms with Gasteiger partial charge in [-0.15, -0.1) is 0 Å². The van der Waals surface area contributed by atoms with Crippen LogP contribution in [0.1, 0.15) is 19.5 Å². The van der Waals surface area contributed by atoms with Gasteiger partial charge in [0.1, 0.15) is 7.05 Å². The number of nitrogens with zero attached hydrogens (tertiary/aromatic N) is 1.